The Labute approximate surface area is 110 Å². The highest BCUT2D eigenvalue weighted by atomic mass is 32.2. The maximum atomic E-state index is 9.86. The van der Waals surface area contributed by atoms with Crippen LogP contribution in [-0.4, -0.2) is 17.2 Å². The predicted octanol–water partition coefficient (Wildman–Crippen LogP) is 3.20. The zero-order valence-electron chi connectivity index (χ0n) is 10.5. The zero-order chi connectivity index (χ0) is 13.1. The molecule has 2 rings (SSSR count). The van der Waals surface area contributed by atoms with Crippen molar-refractivity contribution in [3.63, 3.8) is 0 Å². The van der Waals surface area contributed by atoms with Crippen LogP contribution in [0.1, 0.15) is 24.3 Å². The van der Waals surface area contributed by atoms with E-state index in [1.165, 1.54) is 11.8 Å². The first-order valence-electron chi connectivity index (χ1n) is 5.56. The smallest absolute Gasteiger partial charge is 0.260 e. The normalized spacial score (nSPS) is 12.4. The Morgan fingerprint density at radius 1 is 1.44 bits per heavy atom. The SMILES string of the molecule is COc1cccc(Sc2nc(C)co2)c1[C@H](C)O. The first-order valence-corrected chi connectivity index (χ1v) is 6.38. The topological polar surface area (TPSA) is 55.5 Å². The van der Waals surface area contributed by atoms with Crippen LogP contribution in [0.5, 0.6) is 5.75 Å². The first kappa shape index (κ1) is 13.0. The van der Waals surface area contributed by atoms with Crippen LogP contribution in [0.2, 0.25) is 0 Å². The molecule has 1 aromatic carbocycles. The molecule has 0 unspecified atom stereocenters. The van der Waals surface area contributed by atoms with Crippen molar-refractivity contribution >= 4 is 11.8 Å². The number of methoxy groups -OCH3 is 1. The monoisotopic (exact) mass is 265 g/mol. The number of nitrogens with zero attached hydrogens (tertiary/aromatic N) is 1. The van der Waals surface area contributed by atoms with E-state index in [-0.39, 0.29) is 0 Å². The highest BCUT2D eigenvalue weighted by molar-refractivity contribution is 7.99. The summed E-state index contributed by atoms with van der Waals surface area (Å²) in [7, 11) is 1.59. The Balaban J connectivity index is 2.37. The molecular formula is C13H15NO3S. The molecule has 0 saturated carbocycles. The van der Waals surface area contributed by atoms with E-state index in [0.29, 0.717) is 11.0 Å². The second-order valence-corrected chi connectivity index (χ2v) is 4.90. The third-order valence-corrected chi connectivity index (χ3v) is 3.40. The van der Waals surface area contributed by atoms with E-state index in [2.05, 4.69) is 4.98 Å². The zero-order valence-corrected chi connectivity index (χ0v) is 11.3. The van der Waals surface area contributed by atoms with Crippen LogP contribution >= 0.6 is 11.8 Å². The van der Waals surface area contributed by atoms with Gasteiger partial charge in [0.15, 0.2) is 0 Å². The maximum Gasteiger partial charge on any atom is 0.260 e. The molecule has 0 bridgehead atoms. The number of oxazole rings is 1. The molecule has 0 aliphatic carbocycles. The minimum Gasteiger partial charge on any atom is -0.496 e. The minimum absolute atomic E-state index is 0.558. The Hall–Kier alpha value is -1.46. The van der Waals surface area contributed by atoms with Crippen LogP contribution in [0.4, 0.5) is 0 Å². The van der Waals surface area contributed by atoms with Crippen LogP contribution in [0.15, 0.2) is 39.0 Å². The van der Waals surface area contributed by atoms with Gasteiger partial charge in [-0.1, -0.05) is 6.07 Å². The summed E-state index contributed by atoms with van der Waals surface area (Å²) in [5, 5.41) is 10.4. The van der Waals surface area contributed by atoms with E-state index < -0.39 is 6.10 Å². The number of aryl methyl sites for hydroxylation is 1. The molecule has 0 radical (unpaired) electrons. The van der Waals surface area contributed by atoms with Crippen LogP contribution in [0, 0.1) is 6.92 Å². The lowest BCUT2D eigenvalue weighted by molar-refractivity contribution is 0.191. The fourth-order valence-electron chi connectivity index (χ4n) is 1.68. The lowest BCUT2D eigenvalue weighted by Crippen LogP contribution is -1.98. The fraction of sp³-hybridized carbons (Fsp3) is 0.308. The second-order valence-electron chi connectivity index (χ2n) is 3.90. The largest absolute Gasteiger partial charge is 0.496 e. The van der Waals surface area contributed by atoms with Crippen molar-refractivity contribution in [3.05, 3.63) is 35.7 Å². The van der Waals surface area contributed by atoms with Gasteiger partial charge in [0.25, 0.3) is 5.22 Å². The number of aliphatic hydroxyl groups is 1. The van der Waals surface area contributed by atoms with Crippen LogP contribution in [0.25, 0.3) is 0 Å². The molecule has 0 spiro atoms. The maximum absolute atomic E-state index is 9.86. The number of hydrogen-bond donors (Lipinski definition) is 1. The van der Waals surface area contributed by atoms with Crippen molar-refractivity contribution in [3.8, 4) is 5.75 Å². The number of aromatic nitrogens is 1. The van der Waals surface area contributed by atoms with Crippen molar-refractivity contribution in [2.45, 2.75) is 30.1 Å². The Bertz CT molecular complexity index is 537. The number of benzene rings is 1. The number of rotatable bonds is 4. The van der Waals surface area contributed by atoms with Crippen LogP contribution < -0.4 is 4.74 Å². The van der Waals surface area contributed by atoms with Gasteiger partial charge in [0, 0.05) is 10.5 Å². The van der Waals surface area contributed by atoms with E-state index in [9.17, 15) is 5.11 Å². The lowest BCUT2D eigenvalue weighted by atomic mass is 10.1. The highest BCUT2D eigenvalue weighted by Crippen LogP contribution is 2.37. The lowest BCUT2D eigenvalue weighted by Gasteiger charge is -2.14. The van der Waals surface area contributed by atoms with Crippen molar-refractivity contribution in [1.82, 2.24) is 4.98 Å². The summed E-state index contributed by atoms with van der Waals surface area (Å²) >= 11 is 1.38. The first-order chi connectivity index (χ1) is 8.61. The molecule has 5 heteroatoms. The molecule has 18 heavy (non-hydrogen) atoms. The van der Waals surface area contributed by atoms with Crippen LogP contribution in [0.3, 0.4) is 0 Å². The summed E-state index contributed by atoms with van der Waals surface area (Å²) in [6.45, 7) is 3.58. The third kappa shape index (κ3) is 2.68. The van der Waals surface area contributed by atoms with Crippen molar-refractivity contribution in [2.24, 2.45) is 0 Å². The number of hydrogen-bond acceptors (Lipinski definition) is 5. The minimum atomic E-state index is -0.611. The summed E-state index contributed by atoms with van der Waals surface area (Å²) in [5.74, 6) is 0.665. The average molecular weight is 265 g/mol. The molecule has 0 aliphatic heterocycles. The molecule has 1 heterocycles. The molecule has 1 aromatic heterocycles. The molecule has 0 saturated heterocycles. The summed E-state index contributed by atoms with van der Waals surface area (Å²) in [6, 6.07) is 5.62. The van der Waals surface area contributed by atoms with E-state index in [4.69, 9.17) is 9.15 Å². The van der Waals surface area contributed by atoms with Crippen molar-refractivity contribution in [2.75, 3.05) is 7.11 Å². The highest BCUT2D eigenvalue weighted by Gasteiger charge is 2.16. The third-order valence-electron chi connectivity index (χ3n) is 2.46. The Kier molecular flexibility index (Phi) is 3.93. The van der Waals surface area contributed by atoms with Crippen molar-refractivity contribution < 1.29 is 14.3 Å². The van der Waals surface area contributed by atoms with Crippen LogP contribution in [-0.2, 0) is 0 Å². The van der Waals surface area contributed by atoms with Gasteiger partial charge in [-0.2, -0.15) is 0 Å². The molecular weight excluding hydrogens is 250 g/mol. The quantitative estimate of drug-likeness (QED) is 0.920. The predicted molar refractivity (Wildman–Crippen MR) is 69.0 cm³/mol. The summed E-state index contributed by atoms with van der Waals surface area (Å²) in [5.41, 5.74) is 1.58. The molecule has 0 aliphatic rings. The van der Waals surface area contributed by atoms with E-state index in [0.717, 1.165) is 16.2 Å². The van der Waals surface area contributed by atoms with Gasteiger partial charge in [-0.25, -0.2) is 4.98 Å². The summed E-state index contributed by atoms with van der Waals surface area (Å²) < 4.78 is 10.6. The number of ether oxygens (including phenoxy) is 1. The summed E-state index contributed by atoms with van der Waals surface area (Å²) in [6.07, 6.45) is 0.990. The fourth-order valence-corrected chi connectivity index (χ4v) is 2.68. The molecule has 2 aromatic rings. The van der Waals surface area contributed by atoms with Gasteiger partial charge in [-0.3, -0.25) is 0 Å². The summed E-state index contributed by atoms with van der Waals surface area (Å²) in [4.78, 5) is 5.12. The molecule has 4 nitrogen and oxygen atoms in total. The second kappa shape index (κ2) is 5.46. The average Bonchev–Trinajstić information content (AvgIpc) is 2.74. The van der Waals surface area contributed by atoms with E-state index in [1.807, 2.05) is 25.1 Å². The van der Waals surface area contributed by atoms with Gasteiger partial charge < -0.3 is 14.3 Å². The molecule has 1 N–H and O–H groups in total. The van der Waals surface area contributed by atoms with Gasteiger partial charge in [0.1, 0.15) is 12.0 Å². The van der Waals surface area contributed by atoms with Gasteiger partial charge in [0.05, 0.1) is 18.9 Å². The van der Waals surface area contributed by atoms with Crippen molar-refractivity contribution in [1.29, 1.82) is 0 Å². The number of aliphatic hydroxyl groups excluding tert-OH is 1. The Morgan fingerprint density at radius 2 is 2.22 bits per heavy atom. The standard InChI is InChI=1S/C13H15NO3S/c1-8-7-17-13(14-8)18-11-6-4-5-10(16-3)12(11)9(2)15/h4-7,9,15H,1-3H3/t9-/m0/s1. The van der Waals surface area contributed by atoms with Gasteiger partial charge in [-0.05, 0) is 37.7 Å². The molecule has 0 fully saturated rings. The van der Waals surface area contributed by atoms with Gasteiger partial charge in [0.2, 0.25) is 0 Å². The van der Waals surface area contributed by atoms with Gasteiger partial charge >= 0.3 is 0 Å². The Morgan fingerprint density at radius 3 is 2.78 bits per heavy atom. The van der Waals surface area contributed by atoms with E-state index >= 15 is 0 Å². The molecule has 1 atom stereocenters. The molecule has 96 valence electrons. The van der Waals surface area contributed by atoms with Gasteiger partial charge in [-0.15, -0.1) is 0 Å². The molecule has 0 amide bonds. The van der Waals surface area contributed by atoms with E-state index in [1.54, 1.807) is 20.3 Å².